The number of hydrogen-bond acceptors (Lipinski definition) is 2. The summed E-state index contributed by atoms with van der Waals surface area (Å²) < 4.78 is 5.77. The fourth-order valence-corrected chi connectivity index (χ4v) is 2.40. The Morgan fingerprint density at radius 3 is 2.82 bits per heavy atom. The van der Waals surface area contributed by atoms with Gasteiger partial charge in [0.2, 0.25) is 0 Å². The maximum absolute atomic E-state index is 11.7. The summed E-state index contributed by atoms with van der Waals surface area (Å²) in [5, 5.41) is 0. The average molecular weight is 296 g/mol. The smallest absolute Gasteiger partial charge is 0.167 e. The van der Waals surface area contributed by atoms with Crippen molar-refractivity contribution >= 4 is 11.9 Å². The van der Waals surface area contributed by atoms with Crippen molar-refractivity contribution in [3.8, 4) is 5.75 Å². The first-order valence-corrected chi connectivity index (χ1v) is 7.82. The quantitative estimate of drug-likeness (QED) is 0.661. The third kappa shape index (κ3) is 4.73. The largest absolute Gasteiger partial charge is 0.490 e. The third-order valence-electron chi connectivity index (χ3n) is 3.70. The van der Waals surface area contributed by atoms with Crippen molar-refractivity contribution in [2.24, 2.45) is 0 Å². The number of carbonyl (C=O) groups is 1. The summed E-state index contributed by atoms with van der Waals surface area (Å²) in [6.45, 7) is 6.95. The minimum Gasteiger partial charge on any atom is -0.490 e. The second kappa shape index (κ2) is 7.79. The minimum absolute atomic E-state index is 0.180. The fraction of sp³-hybridized carbons (Fsp3) is 0.350. The molecule has 0 heterocycles. The van der Waals surface area contributed by atoms with E-state index < -0.39 is 0 Å². The highest BCUT2D eigenvalue weighted by Crippen LogP contribution is 2.24. The zero-order chi connectivity index (χ0) is 15.9. The van der Waals surface area contributed by atoms with Gasteiger partial charge in [-0.1, -0.05) is 29.4 Å². The molecule has 2 nitrogen and oxygen atoms in total. The van der Waals surface area contributed by atoms with E-state index in [0.29, 0.717) is 13.0 Å². The molecule has 1 aromatic carbocycles. The molecule has 22 heavy (non-hydrogen) atoms. The molecule has 0 bridgehead atoms. The van der Waals surface area contributed by atoms with Crippen LogP contribution < -0.4 is 4.74 Å². The normalized spacial score (nSPS) is 13.8. The van der Waals surface area contributed by atoms with Crippen LogP contribution in [0.5, 0.6) is 5.75 Å². The van der Waals surface area contributed by atoms with Gasteiger partial charge >= 0.3 is 0 Å². The van der Waals surface area contributed by atoms with Gasteiger partial charge in [-0.15, -0.1) is 0 Å². The van der Waals surface area contributed by atoms with Crippen LogP contribution >= 0.6 is 0 Å². The Hall–Kier alpha value is -2.09. The maximum atomic E-state index is 11.7. The monoisotopic (exact) mass is 296 g/mol. The van der Waals surface area contributed by atoms with E-state index in [1.54, 1.807) is 0 Å². The van der Waals surface area contributed by atoms with Crippen LogP contribution in [0.15, 0.2) is 47.6 Å². The molecule has 0 N–H and O–H groups in total. The van der Waals surface area contributed by atoms with Gasteiger partial charge in [-0.2, -0.15) is 0 Å². The maximum Gasteiger partial charge on any atom is 0.167 e. The summed E-state index contributed by atoms with van der Waals surface area (Å²) in [7, 11) is 0. The van der Waals surface area contributed by atoms with Crippen LogP contribution in [0.25, 0.3) is 6.08 Å². The number of ether oxygens (including phenoxy) is 1. The van der Waals surface area contributed by atoms with Crippen molar-refractivity contribution in [1.29, 1.82) is 0 Å². The van der Waals surface area contributed by atoms with E-state index in [1.807, 2.05) is 30.4 Å². The van der Waals surface area contributed by atoms with Crippen LogP contribution in [-0.4, -0.2) is 12.4 Å². The van der Waals surface area contributed by atoms with Gasteiger partial charge in [-0.05, 0) is 63.5 Å². The Morgan fingerprint density at radius 1 is 1.23 bits per heavy atom. The van der Waals surface area contributed by atoms with Crippen molar-refractivity contribution in [3.63, 3.8) is 0 Å². The van der Waals surface area contributed by atoms with Crippen molar-refractivity contribution in [2.45, 2.75) is 40.0 Å². The second-order valence-electron chi connectivity index (χ2n) is 5.96. The molecule has 0 unspecified atom stereocenters. The molecule has 0 fully saturated rings. The van der Waals surface area contributed by atoms with Gasteiger partial charge in [-0.3, -0.25) is 4.79 Å². The summed E-state index contributed by atoms with van der Waals surface area (Å²) in [6.07, 6.45) is 10.9. The highest BCUT2D eigenvalue weighted by Gasteiger charge is 2.13. The number of hydrogen-bond donors (Lipinski definition) is 0. The van der Waals surface area contributed by atoms with Gasteiger partial charge in [0.1, 0.15) is 12.4 Å². The molecule has 1 aromatic rings. The Bertz CT molecular complexity index is 629. The predicted octanol–water partition coefficient (Wildman–Crippen LogP) is 5.36. The van der Waals surface area contributed by atoms with E-state index in [-0.39, 0.29) is 5.78 Å². The molecule has 0 atom stereocenters. The lowest BCUT2D eigenvalue weighted by Gasteiger charge is -2.11. The molecule has 0 saturated heterocycles. The number of benzene rings is 1. The van der Waals surface area contributed by atoms with Gasteiger partial charge < -0.3 is 4.74 Å². The molecule has 1 aliphatic rings. The van der Waals surface area contributed by atoms with Gasteiger partial charge in [0.05, 0.1) is 0 Å². The summed E-state index contributed by atoms with van der Waals surface area (Å²) in [4.78, 5) is 11.7. The number of fused-ring (bicyclic) bond motifs is 1. The van der Waals surface area contributed by atoms with Gasteiger partial charge in [0.25, 0.3) is 0 Å². The first-order chi connectivity index (χ1) is 10.6. The molecular formula is C20H24O2. The molecule has 0 amide bonds. The standard InChI is InChI=1S/C20H24O2/c1-15(2)6-4-7-16(3)12-13-22-18-10-11-19-17(14-18)8-5-9-20(19)21/h5-6,8,10-12,14H,4,7,9,13H2,1-3H3. The van der Waals surface area contributed by atoms with E-state index >= 15 is 0 Å². The Morgan fingerprint density at radius 2 is 2.05 bits per heavy atom. The van der Waals surface area contributed by atoms with Crippen LogP contribution in [0.1, 0.15) is 56.0 Å². The molecule has 0 saturated carbocycles. The molecule has 1 aliphatic carbocycles. The number of Topliss-reactive ketones (excluding diaryl/α,β-unsaturated/α-hetero) is 1. The highest BCUT2D eigenvalue weighted by atomic mass is 16.5. The third-order valence-corrected chi connectivity index (χ3v) is 3.70. The van der Waals surface area contributed by atoms with Crippen LogP contribution in [-0.2, 0) is 0 Å². The van der Waals surface area contributed by atoms with Crippen molar-refractivity contribution in [1.82, 2.24) is 0 Å². The van der Waals surface area contributed by atoms with Crippen LogP contribution in [0.3, 0.4) is 0 Å². The first kappa shape index (κ1) is 16.3. The fourth-order valence-electron chi connectivity index (χ4n) is 2.40. The van der Waals surface area contributed by atoms with Crippen molar-refractivity contribution in [3.05, 3.63) is 58.7 Å². The van der Waals surface area contributed by atoms with Crippen LogP contribution in [0, 0.1) is 0 Å². The molecule has 0 spiro atoms. The number of allylic oxidation sites excluding steroid dienone is 4. The van der Waals surface area contributed by atoms with E-state index in [2.05, 4.69) is 32.9 Å². The topological polar surface area (TPSA) is 26.3 Å². The summed E-state index contributed by atoms with van der Waals surface area (Å²) in [5.41, 5.74) is 4.45. The van der Waals surface area contributed by atoms with Crippen LogP contribution in [0.2, 0.25) is 0 Å². The highest BCUT2D eigenvalue weighted by molar-refractivity contribution is 6.02. The summed E-state index contributed by atoms with van der Waals surface area (Å²) >= 11 is 0. The molecule has 2 heteroatoms. The lowest BCUT2D eigenvalue weighted by atomic mass is 9.96. The van der Waals surface area contributed by atoms with E-state index in [9.17, 15) is 4.79 Å². The molecule has 0 radical (unpaired) electrons. The molecule has 0 aliphatic heterocycles. The van der Waals surface area contributed by atoms with Crippen molar-refractivity contribution in [2.75, 3.05) is 6.61 Å². The molecule has 0 aromatic heterocycles. The van der Waals surface area contributed by atoms with Gasteiger partial charge in [-0.25, -0.2) is 0 Å². The second-order valence-corrected chi connectivity index (χ2v) is 5.96. The molecular weight excluding hydrogens is 272 g/mol. The zero-order valence-electron chi connectivity index (χ0n) is 13.7. The number of ketones is 1. The van der Waals surface area contributed by atoms with E-state index in [4.69, 9.17) is 4.74 Å². The van der Waals surface area contributed by atoms with Gasteiger partial charge in [0.15, 0.2) is 5.78 Å². The van der Waals surface area contributed by atoms with Gasteiger partial charge in [0, 0.05) is 12.0 Å². The minimum atomic E-state index is 0.180. The lowest BCUT2D eigenvalue weighted by Crippen LogP contribution is -2.04. The summed E-state index contributed by atoms with van der Waals surface area (Å²) in [5.74, 6) is 0.991. The van der Waals surface area contributed by atoms with Crippen LogP contribution in [0.4, 0.5) is 0 Å². The molecule has 2 rings (SSSR count). The Labute approximate surface area is 133 Å². The lowest BCUT2D eigenvalue weighted by molar-refractivity contribution is 0.0994. The van der Waals surface area contributed by atoms with Crippen molar-refractivity contribution < 1.29 is 9.53 Å². The summed E-state index contributed by atoms with van der Waals surface area (Å²) in [6, 6.07) is 5.68. The SMILES string of the molecule is CC(C)=CCCC(C)=CCOc1ccc2c(c1)C=CCC2=O. The number of carbonyl (C=O) groups excluding carboxylic acids is 1. The van der Waals surface area contributed by atoms with E-state index in [1.165, 1.54) is 11.1 Å². The zero-order valence-corrected chi connectivity index (χ0v) is 13.7. The Kier molecular flexibility index (Phi) is 5.76. The first-order valence-electron chi connectivity index (χ1n) is 7.82. The number of rotatable bonds is 6. The Balaban J connectivity index is 1.89. The molecule has 116 valence electrons. The predicted molar refractivity (Wildman–Crippen MR) is 92.3 cm³/mol. The average Bonchev–Trinajstić information content (AvgIpc) is 2.47. The van der Waals surface area contributed by atoms with E-state index in [0.717, 1.165) is 29.7 Å².